The number of aryl methyl sites for hydroxylation is 1. The summed E-state index contributed by atoms with van der Waals surface area (Å²) in [5.74, 6) is -0.599. The lowest BCUT2D eigenvalue weighted by atomic mass is 10.1. The van der Waals surface area contributed by atoms with E-state index in [-0.39, 0.29) is 12.3 Å². The van der Waals surface area contributed by atoms with Gasteiger partial charge in [-0.2, -0.15) is 0 Å². The molecule has 0 bridgehead atoms. The molecule has 0 atom stereocenters. The Morgan fingerprint density at radius 3 is 2.45 bits per heavy atom. The molecular formula is C17H16BrNO3. The van der Waals surface area contributed by atoms with Gasteiger partial charge < -0.3 is 9.94 Å². The highest BCUT2D eigenvalue weighted by Crippen LogP contribution is 2.17. The van der Waals surface area contributed by atoms with Gasteiger partial charge in [0.05, 0.1) is 0 Å². The Bertz CT molecular complexity index is 656. The van der Waals surface area contributed by atoms with Gasteiger partial charge in [-0.1, -0.05) is 69.6 Å². The Morgan fingerprint density at radius 2 is 1.77 bits per heavy atom. The minimum absolute atomic E-state index is 0.0201. The van der Waals surface area contributed by atoms with Crippen molar-refractivity contribution in [2.24, 2.45) is 5.16 Å². The maximum Gasteiger partial charge on any atom is 0.356 e. The number of hydrogen-bond acceptors (Lipinski definition) is 4. The number of carbonyl (C=O) groups is 1. The van der Waals surface area contributed by atoms with Crippen molar-refractivity contribution in [2.75, 3.05) is 0 Å². The second-order valence-corrected chi connectivity index (χ2v) is 5.55. The van der Waals surface area contributed by atoms with E-state index in [9.17, 15) is 4.79 Å². The van der Waals surface area contributed by atoms with Gasteiger partial charge in [-0.25, -0.2) is 4.79 Å². The van der Waals surface area contributed by atoms with E-state index in [4.69, 9.17) is 9.94 Å². The number of benzene rings is 2. The summed E-state index contributed by atoms with van der Waals surface area (Å²) in [7, 11) is 0. The van der Waals surface area contributed by atoms with E-state index in [2.05, 4.69) is 21.1 Å². The number of hydrogen-bond donors (Lipinski definition) is 1. The minimum Gasteiger partial charge on any atom is -0.456 e. The van der Waals surface area contributed by atoms with Crippen molar-refractivity contribution in [3.63, 3.8) is 0 Å². The molecule has 1 N–H and O–H groups in total. The third kappa shape index (κ3) is 4.70. The second-order valence-electron chi connectivity index (χ2n) is 4.70. The zero-order valence-electron chi connectivity index (χ0n) is 11.9. The fourth-order valence-corrected chi connectivity index (χ4v) is 2.44. The average Bonchev–Trinajstić information content (AvgIpc) is 2.56. The molecule has 0 heterocycles. The van der Waals surface area contributed by atoms with Gasteiger partial charge >= 0.3 is 5.97 Å². The highest BCUT2D eigenvalue weighted by Gasteiger charge is 2.14. The highest BCUT2D eigenvalue weighted by molar-refractivity contribution is 9.10. The Balaban J connectivity index is 1.88. The van der Waals surface area contributed by atoms with Gasteiger partial charge in [-0.05, 0) is 23.6 Å². The molecular weight excluding hydrogens is 346 g/mol. The molecule has 114 valence electrons. The van der Waals surface area contributed by atoms with Crippen LogP contribution in [0.3, 0.4) is 0 Å². The molecule has 0 fully saturated rings. The van der Waals surface area contributed by atoms with E-state index < -0.39 is 5.97 Å². The molecule has 0 aliphatic rings. The number of rotatable bonds is 6. The van der Waals surface area contributed by atoms with Crippen molar-refractivity contribution in [3.05, 3.63) is 70.2 Å². The van der Waals surface area contributed by atoms with Crippen LogP contribution in [-0.2, 0) is 22.6 Å². The SMILES string of the molecule is O=C(OCc1ccccc1)/C(CCc1ccccc1Br)=N/O. The zero-order valence-corrected chi connectivity index (χ0v) is 13.5. The molecule has 22 heavy (non-hydrogen) atoms. The topological polar surface area (TPSA) is 58.9 Å². The molecule has 0 unspecified atom stereocenters. The first-order valence-corrected chi connectivity index (χ1v) is 7.65. The first kappa shape index (κ1) is 16.2. The average molecular weight is 362 g/mol. The maximum absolute atomic E-state index is 11.9. The van der Waals surface area contributed by atoms with E-state index in [0.29, 0.717) is 12.8 Å². The minimum atomic E-state index is -0.599. The molecule has 2 rings (SSSR count). The van der Waals surface area contributed by atoms with Crippen molar-refractivity contribution in [1.29, 1.82) is 0 Å². The second kappa shape index (κ2) is 8.34. The van der Waals surface area contributed by atoms with E-state index in [1.807, 2.05) is 54.6 Å². The molecule has 0 aliphatic carbocycles. The number of nitrogens with zero attached hydrogens (tertiary/aromatic N) is 1. The van der Waals surface area contributed by atoms with Crippen LogP contribution in [0.2, 0.25) is 0 Å². The van der Waals surface area contributed by atoms with Crippen molar-refractivity contribution in [3.8, 4) is 0 Å². The quantitative estimate of drug-likeness (QED) is 0.366. The van der Waals surface area contributed by atoms with Crippen LogP contribution < -0.4 is 0 Å². The van der Waals surface area contributed by atoms with Crippen molar-refractivity contribution < 1.29 is 14.7 Å². The van der Waals surface area contributed by atoms with Gasteiger partial charge in [0.25, 0.3) is 0 Å². The molecule has 0 saturated carbocycles. The molecule has 0 spiro atoms. The highest BCUT2D eigenvalue weighted by atomic mass is 79.9. The number of halogens is 1. The summed E-state index contributed by atoms with van der Waals surface area (Å²) < 4.78 is 6.12. The summed E-state index contributed by atoms with van der Waals surface area (Å²) in [6.45, 7) is 0.160. The predicted octanol–water partition coefficient (Wildman–Crippen LogP) is 3.96. The third-order valence-corrected chi connectivity index (χ3v) is 3.93. The van der Waals surface area contributed by atoms with Crippen LogP contribution >= 0.6 is 15.9 Å². The Kier molecular flexibility index (Phi) is 6.15. The fourth-order valence-electron chi connectivity index (χ4n) is 1.95. The summed E-state index contributed by atoms with van der Waals surface area (Å²) in [5, 5.41) is 12.1. The maximum atomic E-state index is 11.9. The Labute approximate surface area is 137 Å². The molecule has 0 saturated heterocycles. The lowest BCUT2D eigenvalue weighted by molar-refractivity contribution is -0.137. The van der Waals surface area contributed by atoms with Crippen molar-refractivity contribution in [1.82, 2.24) is 0 Å². The van der Waals surface area contributed by atoms with Crippen LogP contribution in [0.25, 0.3) is 0 Å². The molecule has 0 aromatic heterocycles. The number of ether oxygens (including phenoxy) is 1. The predicted molar refractivity (Wildman–Crippen MR) is 87.9 cm³/mol. The monoisotopic (exact) mass is 361 g/mol. The smallest absolute Gasteiger partial charge is 0.356 e. The van der Waals surface area contributed by atoms with Crippen LogP contribution in [0, 0.1) is 0 Å². The standard InChI is InChI=1S/C17H16BrNO3/c18-15-9-5-4-8-14(15)10-11-16(19-21)17(20)22-12-13-6-2-1-3-7-13/h1-9,21H,10-12H2/b19-16+. The van der Waals surface area contributed by atoms with Crippen LogP contribution in [-0.4, -0.2) is 16.9 Å². The summed E-state index contributed by atoms with van der Waals surface area (Å²) in [6.07, 6.45) is 0.897. The summed E-state index contributed by atoms with van der Waals surface area (Å²) in [4.78, 5) is 11.9. The summed E-state index contributed by atoms with van der Waals surface area (Å²) in [6, 6.07) is 17.1. The van der Waals surface area contributed by atoms with Crippen LogP contribution in [0.1, 0.15) is 17.5 Å². The lowest BCUT2D eigenvalue weighted by Gasteiger charge is -2.07. The zero-order chi connectivity index (χ0) is 15.8. The van der Waals surface area contributed by atoms with Crippen molar-refractivity contribution in [2.45, 2.75) is 19.4 Å². The van der Waals surface area contributed by atoms with E-state index in [1.165, 1.54) is 0 Å². The van der Waals surface area contributed by atoms with Gasteiger partial charge in [0, 0.05) is 10.9 Å². The van der Waals surface area contributed by atoms with E-state index >= 15 is 0 Å². The largest absolute Gasteiger partial charge is 0.456 e. The first-order valence-electron chi connectivity index (χ1n) is 6.86. The third-order valence-electron chi connectivity index (χ3n) is 3.16. The number of esters is 1. The Morgan fingerprint density at radius 1 is 1.09 bits per heavy atom. The van der Waals surface area contributed by atoms with E-state index in [1.54, 1.807) is 0 Å². The Hall–Kier alpha value is -2.14. The molecule has 2 aromatic carbocycles. The van der Waals surface area contributed by atoms with Crippen LogP contribution in [0.5, 0.6) is 0 Å². The molecule has 5 heteroatoms. The van der Waals surface area contributed by atoms with Gasteiger partial charge in [0.15, 0.2) is 5.71 Å². The number of oxime groups is 1. The van der Waals surface area contributed by atoms with Gasteiger partial charge in [0.2, 0.25) is 0 Å². The lowest BCUT2D eigenvalue weighted by Crippen LogP contribution is -2.18. The van der Waals surface area contributed by atoms with Gasteiger partial charge in [-0.15, -0.1) is 0 Å². The molecule has 0 radical (unpaired) electrons. The van der Waals surface area contributed by atoms with Gasteiger partial charge in [-0.3, -0.25) is 0 Å². The number of carbonyl (C=O) groups excluding carboxylic acids is 1. The van der Waals surface area contributed by atoms with Gasteiger partial charge in [0.1, 0.15) is 6.61 Å². The van der Waals surface area contributed by atoms with Crippen LogP contribution in [0.4, 0.5) is 0 Å². The summed E-state index contributed by atoms with van der Waals surface area (Å²) in [5.41, 5.74) is 1.95. The molecule has 0 amide bonds. The molecule has 0 aliphatic heterocycles. The van der Waals surface area contributed by atoms with Crippen LogP contribution in [0.15, 0.2) is 64.2 Å². The normalized spacial score (nSPS) is 11.2. The molecule has 2 aromatic rings. The summed E-state index contributed by atoms with van der Waals surface area (Å²) >= 11 is 3.45. The van der Waals surface area contributed by atoms with Crippen molar-refractivity contribution >= 4 is 27.6 Å². The fraction of sp³-hybridized carbons (Fsp3) is 0.176. The molecule has 4 nitrogen and oxygen atoms in total. The van der Waals surface area contributed by atoms with E-state index in [0.717, 1.165) is 15.6 Å². The first-order chi connectivity index (χ1) is 10.7.